The minimum Gasteiger partial charge on any atom is -0.497 e. The van der Waals surface area contributed by atoms with Crippen molar-refractivity contribution in [3.63, 3.8) is 0 Å². The molecule has 8 heteroatoms. The van der Waals surface area contributed by atoms with Gasteiger partial charge in [-0.25, -0.2) is 4.98 Å². The molecular weight excluding hydrogens is 396 g/mol. The zero-order valence-corrected chi connectivity index (χ0v) is 18.0. The van der Waals surface area contributed by atoms with Gasteiger partial charge in [-0.1, -0.05) is 12.1 Å². The lowest BCUT2D eigenvalue weighted by atomic mass is 9.90. The van der Waals surface area contributed by atoms with Gasteiger partial charge in [0, 0.05) is 38.3 Å². The van der Waals surface area contributed by atoms with E-state index in [9.17, 15) is 9.90 Å². The molecule has 0 radical (unpaired) electrons. The highest BCUT2D eigenvalue weighted by atomic mass is 16.5. The third kappa shape index (κ3) is 3.29. The van der Waals surface area contributed by atoms with E-state index < -0.39 is 5.54 Å². The Labute approximate surface area is 180 Å². The summed E-state index contributed by atoms with van der Waals surface area (Å²) in [5.74, 6) is 2.14. The van der Waals surface area contributed by atoms with E-state index in [1.165, 1.54) is 0 Å². The second kappa shape index (κ2) is 7.96. The van der Waals surface area contributed by atoms with Crippen LogP contribution in [0.25, 0.3) is 16.6 Å². The van der Waals surface area contributed by atoms with Gasteiger partial charge in [0.25, 0.3) is 0 Å². The van der Waals surface area contributed by atoms with Crippen LogP contribution in [0.2, 0.25) is 0 Å². The van der Waals surface area contributed by atoms with Crippen LogP contribution in [0.5, 0.6) is 11.5 Å². The molecule has 1 atom stereocenters. The van der Waals surface area contributed by atoms with Gasteiger partial charge in [0.1, 0.15) is 34.3 Å². The number of H-pyrrole nitrogens is 1. The average molecular weight is 422 g/mol. The lowest BCUT2D eigenvalue weighted by Crippen LogP contribution is -2.49. The number of carbonyl (C=O) groups is 1. The topological polar surface area (TPSA) is 99.7 Å². The molecule has 4 rings (SSSR count). The van der Waals surface area contributed by atoms with Crippen molar-refractivity contribution in [3.8, 4) is 11.5 Å². The van der Waals surface area contributed by atoms with Gasteiger partial charge in [-0.05, 0) is 19.1 Å². The van der Waals surface area contributed by atoms with E-state index in [1.54, 1.807) is 27.3 Å². The highest BCUT2D eigenvalue weighted by molar-refractivity contribution is 6.30. The van der Waals surface area contributed by atoms with Crippen molar-refractivity contribution < 1.29 is 19.4 Å². The van der Waals surface area contributed by atoms with E-state index in [0.717, 1.165) is 11.0 Å². The number of para-hydroxylation sites is 2. The van der Waals surface area contributed by atoms with Gasteiger partial charge < -0.3 is 29.8 Å². The second-order valence-corrected chi connectivity index (χ2v) is 7.56. The van der Waals surface area contributed by atoms with Crippen LogP contribution >= 0.6 is 0 Å². The Morgan fingerprint density at radius 1 is 1.16 bits per heavy atom. The molecule has 1 aromatic heterocycles. The van der Waals surface area contributed by atoms with Crippen molar-refractivity contribution >= 4 is 28.1 Å². The minimum atomic E-state index is -1.03. The highest BCUT2D eigenvalue weighted by Crippen LogP contribution is 2.44. The minimum absolute atomic E-state index is 0.133. The van der Waals surface area contributed by atoms with E-state index in [1.807, 2.05) is 48.2 Å². The summed E-state index contributed by atoms with van der Waals surface area (Å²) in [6.07, 6.45) is 0.236. The smallest absolute Gasteiger partial charge is 0.195 e. The zero-order valence-electron chi connectivity index (χ0n) is 18.0. The summed E-state index contributed by atoms with van der Waals surface area (Å²) in [4.78, 5) is 23.6. The molecule has 3 N–H and O–H groups in total. The van der Waals surface area contributed by atoms with Gasteiger partial charge in [-0.2, -0.15) is 0 Å². The number of hydrogen-bond donors (Lipinski definition) is 3. The van der Waals surface area contributed by atoms with Gasteiger partial charge >= 0.3 is 0 Å². The van der Waals surface area contributed by atoms with Crippen LogP contribution in [0.3, 0.4) is 0 Å². The second-order valence-electron chi connectivity index (χ2n) is 7.56. The molecule has 2 heterocycles. The Morgan fingerprint density at radius 3 is 2.42 bits per heavy atom. The number of aromatic amines is 1. The Bertz CT molecular complexity index is 1110. The van der Waals surface area contributed by atoms with Crippen LogP contribution in [0, 0.1) is 0 Å². The van der Waals surface area contributed by atoms with Crippen molar-refractivity contribution in [3.05, 3.63) is 54.1 Å². The van der Waals surface area contributed by atoms with Gasteiger partial charge in [0.05, 0.1) is 30.9 Å². The first-order chi connectivity index (χ1) is 15.0. The number of carbonyl (C=O) groups excluding carboxylic acids is 1. The third-order valence-corrected chi connectivity index (χ3v) is 5.73. The average Bonchev–Trinajstić information content (AvgIpc) is 3.30. The summed E-state index contributed by atoms with van der Waals surface area (Å²) in [5.41, 5.74) is 1.74. The molecule has 1 aliphatic rings. The van der Waals surface area contributed by atoms with E-state index in [4.69, 9.17) is 9.47 Å². The van der Waals surface area contributed by atoms with Crippen LogP contribution in [0.15, 0.2) is 48.3 Å². The van der Waals surface area contributed by atoms with Crippen molar-refractivity contribution in [1.82, 2.24) is 15.3 Å². The highest BCUT2D eigenvalue weighted by Gasteiger charge is 2.51. The first-order valence-electron chi connectivity index (χ1n) is 10.0. The van der Waals surface area contributed by atoms with Crippen molar-refractivity contribution in [1.29, 1.82) is 0 Å². The summed E-state index contributed by atoms with van der Waals surface area (Å²) in [5, 5.41) is 13.0. The number of rotatable bonds is 7. The van der Waals surface area contributed by atoms with Crippen LogP contribution in [-0.4, -0.2) is 54.3 Å². The van der Waals surface area contributed by atoms with E-state index in [2.05, 4.69) is 15.3 Å². The van der Waals surface area contributed by atoms with Crippen LogP contribution in [0.1, 0.15) is 19.2 Å². The monoisotopic (exact) mass is 422 g/mol. The normalized spacial score (nSPS) is 18.7. The molecule has 3 aromatic rings. The Balaban J connectivity index is 1.95. The number of fused-ring (bicyclic) bond motifs is 1. The van der Waals surface area contributed by atoms with Crippen LogP contribution in [-0.2, 0) is 4.79 Å². The number of Topliss-reactive ketones (excluding diaryl/α,β-unsaturated/α-hetero) is 1. The quantitative estimate of drug-likeness (QED) is 0.538. The number of ether oxygens (including phenoxy) is 2. The number of benzene rings is 2. The SMILES string of the molecule is CNC1=C(c2nc3ccccc3[nH]2)C(=O)[C@@](C)(CCO)N1c1cc(OC)cc(OC)c1. The van der Waals surface area contributed by atoms with Crippen LogP contribution in [0.4, 0.5) is 5.69 Å². The number of methoxy groups -OCH3 is 2. The third-order valence-electron chi connectivity index (χ3n) is 5.73. The maximum absolute atomic E-state index is 13.8. The number of nitrogens with zero attached hydrogens (tertiary/aromatic N) is 2. The van der Waals surface area contributed by atoms with E-state index >= 15 is 0 Å². The fourth-order valence-electron chi connectivity index (χ4n) is 4.14. The summed E-state index contributed by atoms with van der Waals surface area (Å²) < 4.78 is 10.9. The summed E-state index contributed by atoms with van der Waals surface area (Å²) in [6, 6.07) is 13.1. The predicted octanol–water partition coefficient (Wildman–Crippen LogP) is 2.70. The fraction of sp³-hybridized carbons (Fsp3) is 0.304. The molecule has 0 unspecified atom stereocenters. The van der Waals surface area contributed by atoms with Crippen molar-refractivity contribution in [2.75, 3.05) is 32.8 Å². The molecule has 0 fully saturated rings. The maximum Gasteiger partial charge on any atom is 0.195 e. The molecule has 0 saturated heterocycles. The molecule has 0 amide bonds. The number of hydrogen-bond acceptors (Lipinski definition) is 7. The molecule has 1 aliphatic heterocycles. The molecular formula is C23H26N4O4. The number of imidazole rings is 1. The molecule has 0 saturated carbocycles. The zero-order chi connectivity index (χ0) is 22.2. The van der Waals surface area contributed by atoms with E-state index in [0.29, 0.717) is 34.4 Å². The van der Waals surface area contributed by atoms with E-state index in [-0.39, 0.29) is 18.8 Å². The fourth-order valence-corrected chi connectivity index (χ4v) is 4.14. The number of aliphatic hydroxyl groups excluding tert-OH is 1. The molecule has 8 nitrogen and oxygen atoms in total. The van der Waals surface area contributed by atoms with Crippen LogP contribution < -0.4 is 19.7 Å². The molecule has 0 aliphatic carbocycles. The summed E-state index contributed by atoms with van der Waals surface area (Å²) in [6.45, 7) is 1.68. The first-order valence-corrected chi connectivity index (χ1v) is 10.0. The van der Waals surface area contributed by atoms with Crippen molar-refractivity contribution in [2.45, 2.75) is 18.9 Å². The lowest BCUT2D eigenvalue weighted by molar-refractivity contribution is -0.117. The van der Waals surface area contributed by atoms with Gasteiger partial charge in [-0.15, -0.1) is 0 Å². The standard InChI is InChI=1S/C23H26N4O4/c1-23(9-10-28)20(29)19(21-25-17-7-5-6-8-18(17)26-21)22(24-2)27(23)14-11-15(30-3)13-16(12-14)31-4/h5-8,11-13,24,28H,9-10H2,1-4H3,(H,25,26)/t23-/m1/s1. The molecule has 0 spiro atoms. The first kappa shape index (κ1) is 20.7. The Morgan fingerprint density at radius 2 is 1.84 bits per heavy atom. The summed E-state index contributed by atoms with van der Waals surface area (Å²) in [7, 11) is 4.92. The van der Waals surface area contributed by atoms with Gasteiger partial charge in [0.2, 0.25) is 0 Å². The largest absolute Gasteiger partial charge is 0.497 e. The van der Waals surface area contributed by atoms with Crippen molar-refractivity contribution in [2.24, 2.45) is 0 Å². The molecule has 0 bridgehead atoms. The Hall–Kier alpha value is -3.52. The van der Waals surface area contributed by atoms with Gasteiger partial charge in [0.15, 0.2) is 5.78 Å². The number of aliphatic hydroxyl groups is 1. The molecule has 2 aromatic carbocycles. The summed E-state index contributed by atoms with van der Waals surface area (Å²) >= 11 is 0. The number of nitrogens with one attached hydrogen (secondary N) is 2. The van der Waals surface area contributed by atoms with Gasteiger partial charge in [-0.3, -0.25) is 4.79 Å². The predicted molar refractivity (Wildman–Crippen MR) is 119 cm³/mol. The number of anilines is 1. The molecule has 31 heavy (non-hydrogen) atoms. The number of aromatic nitrogens is 2. The lowest BCUT2D eigenvalue weighted by Gasteiger charge is -2.37. The maximum atomic E-state index is 13.8. The number of ketones is 1. The molecule has 162 valence electrons. The Kier molecular flexibility index (Phi) is 5.32.